The van der Waals surface area contributed by atoms with E-state index in [-0.39, 0.29) is 5.69 Å². The van der Waals surface area contributed by atoms with E-state index in [0.29, 0.717) is 22.0 Å². The predicted octanol–water partition coefficient (Wildman–Crippen LogP) is 3.60. The molecule has 3 rings (SSSR count). The molecule has 0 spiro atoms. The highest BCUT2D eigenvalue weighted by Crippen LogP contribution is 2.30. The summed E-state index contributed by atoms with van der Waals surface area (Å²) in [6, 6.07) is 14.9. The molecule has 0 aliphatic heterocycles. The van der Waals surface area contributed by atoms with Crippen LogP contribution in [-0.4, -0.2) is 15.0 Å². The van der Waals surface area contributed by atoms with Crippen LogP contribution in [0.1, 0.15) is 5.69 Å². The molecule has 0 saturated heterocycles. The van der Waals surface area contributed by atoms with Crippen molar-refractivity contribution in [2.45, 2.75) is 0 Å². The largest absolute Gasteiger partial charge is 0.211 e. The van der Waals surface area contributed by atoms with Crippen molar-refractivity contribution in [1.82, 2.24) is 15.0 Å². The van der Waals surface area contributed by atoms with Crippen LogP contribution in [0.15, 0.2) is 48.5 Å². The van der Waals surface area contributed by atoms with Crippen LogP contribution in [0.5, 0.6) is 0 Å². The highest BCUT2D eigenvalue weighted by atomic mass is 35.5. The Bertz CT molecular complexity index is 851. The van der Waals surface area contributed by atoms with Gasteiger partial charge in [0.2, 0.25) is 0 Å². The molecule has 4 nitrogen and oxygen atoms in total. The Balaban J connectivity index is 2.28. The number of nitriles is 1. The molecule has 1 heterocycles. The predicted molar refractivity (Wildman–Crippen MR) is 76.5 cm³/mol. The van der Waals surface area contributed by atoms with Crippen molar-refractivity contribution in [3.8, 4) is 23.0 Å². The fourth-order valence-corrected chi connectivity index (χ4v) is 2.27. The van der Waals surface area contributed by atoms with Crippen molar-refractivity contribution >= 4 is 11.6 Å². The van der Waals surface area contributed by atoms with Gasteiger partial charge in [-0.05, 0) is 24.3 Å². The second-order valence-corrected chi connectivity index (χ2v) is 4.68. The summed E-state index contributed by atoms with van der Waals surface area (Å²) >= 11 is 6.18. The zero-order valence-electron chi connectivity index (χ0n) is 10.7. The Morgan fingerprint density at radius 1 is 1.14 bits per heavy atom. The smallest absolute Gasteiger partial charge is 0.191 e. The lowest BCUT2D eigenvalue weighted by molar-refractivity contribution is 0.625. The molecular weight excluding hydrogens is 291 g/mol. The summed E-state index contributed by atoms with van der Waals surface area (Å²) in [4.78, 5) is 0. The molecule has 2 aromatic carbocycles. The molecule has 3 aromatic rings. The van der Waals surface area contributed by atoms with E-state index in [1.54, 1.807) is 36.4 Å². The zero-order chi connectivity index (χ0) is 14.8. The first kappa shape index (κ1) is 13.3. The van der Waals surface area contributed by atoms with Gasteiger partial charge in [-0.15, -0.1) is 5.10 Å². The van der Waals surface area contributed by atoms with Crippen LogP contribution < -0.4 is 0 Å². The van der Waals surface area contributed by atoms with Gasteiger partial charge >= 0.3 is 0 Å². The first-order valence-electron chi connectivity index (χ1n) is 6.07. The molecular formula is C15H8ClFN4. The van der Waals surface area contributed by atoms with Gasteiger partial charge in [-0.25, -0.2) is 9.07 Å². The highest BCUT2D eigenvalue weighted by Gasteiger charge is 2.18. The van der Waals surface area contributed by atoms with Crippen LogP contribution in [0.25, 0.3) is 16.9 Å². The average molecular weight is 299 g/mol. The molecule has 0 radical (unpaired) electrons. The van der Waals surface area contributed by atoms with Crippen LogP contribution in [0.3, 0.4) is 0 Å². The second kappa shape index (κ2) is 5.35. The summed E-state index contributed by atoms with van der Waals surface area (Å²) in [5, 5.41) is 17.4. The Kier molecular flexibility index (Phi) is 3.38. The maximum atomic E-state index is 13.4. The van der Waals surface area contributed by atoms with Gasteiger partial charge in [0, 0.05) is 5.56 Å². The lowest BCUT2D eigenvalue weighted by Crippen LogP contribution is -2.00. The van der Waals surface area contributed by atoms with E-state index in [2.05, 4.69) is 10.3 Å². The molecule has 0 N–H and O–H groups in total. The van der Waals surface area contributed by atoms with Gasteiger partial charge in [0.25, 0.3) is 0 Å². The van der Waals surface area contributed by atoms with Crippen molar-refractivity contribution in [2.24, 2.45) is 0 Å². The van der Waals surface area contributed by atoms with Gasteiger partial charge in [-0.3, -0.25) is 0 Å². The quantitative estimate of drug-likeness (QED) is 0.726. The van der Waals surface area contributed by atoms with E-state index in [4.69, 9.17) is 11.6 Å². The summed E-state index contributed by atoms with van der Waals surface area (Å²) < 4.78 is 14.8. The first-order valence-corrected chi connectivity index (χ1v) is 6.45. The number of aromatic nitrogens is 3. The van der Waals surface area contributed by atoms with E-state index in [9.17, 15) is 9.65 Å². The molecule has 0 atom stereocenters. The average Bonchev–Trinajstić information content (AvgIpc) is 2.91. The zero-order valence-corrected chi connectivity index (χ0v) is 11.4. The molecule has 0 amide bonds. The molecule has 1 aromatic heterocycles. The van der Waals surface area contributed by atoms with Gasteiger partial charge in [-0.1, -0.05) is 41.1 Å². The van der Waals surface area contributed by atoms with Crippen molar-refractivity contribution in [1.29, 1.82) is 5.26 Å². The second-order valence-electron chi connectivity index (χ2n) is 4.27. The van der Waals surface area contributed by atoms with Crippen LogP contribution in [-0.2, 0) is 0 Å². The third kappa shape index (κ3) is 2.37. The standard InChI is InChI=1S/C15H8ClFN4/c16-13-7-2-1-6-12(13)15-14(9-18)19-20-21(15)11-5-3-4-10(17)8-11/h1-8H. The SMILES string of the molecule is N#Cc1nnn(-c2cccc(F)c2)c1-c1ccccc1Cl. The van der Waals surface area contributed by atoms with Gasteiger partial charge < -0.3 is 0 Å². The Hall–Kier alpha value is -2.71. The third-order valence-electron chi connectivity index (χ3n) is 2.96. The molecule has 0 fully saturated rings. The number of hydrogen-bond donors (Lipinski definition) is 0. The summed E-state index contributed by atoms with van der Waals surface area (Å²) in [5.74, 6) is -0.397. The van der Waals surface area contributed by atoms with Crippen molar-refractivity contribution in [3.05, 3.63) is 65.1 Å². The number of halogens is 2. The maximum absolute atomic E-state index is 13.4. The first-order chi connectivity index (χ1) is 10.2. The summed E-state index contributed by atoms with van der Waals surface area (Å²) in [6.45, 7) is 0. The van der Waals surface area contributed by atoms with Crippen LogP contribution in [0.4, 0.5) is 4.39 Å². The summed E-state index contributed by atoms with van der Waals surface area (Å²) in [6.07, 6.45) is 0. The molecule has 6 heteroatoms. The fraction of sp³-hybridized carbons (Fsp3) is 0. The summed E-state index contributed by atoms with van der Waals surface area (Å²) in [5.41, 5.74) is 1.66. The Morgan fingerprint density at radius 3 is 2.67 bits per heavy atom. The van der Waals surface area contributed by atoms with Crippen LogP contribution in [0, 0.1) is 17.1 Å². The molecule has 21 heavy (non-hydrogen) atoms. The third-order valence-corrected chi connectivity index (χ3v) is 3.29. The van der Waals surface area contributed by atoms with Crippen molar-refractivity contribution in [2.75, 3.05) is 0 Å². The van der Waals surface area contributed by atoms with E-state index in [1.807, 2.05) is 6.07 Å². The Labute approximate surface area is 125 Å². The van der Waals surface area contributed by atoms with Crippen LogP contribution >= 0.6 is 11.6 Å². The van der Waals surface area contributed by atoms with E-state index in [0.717, 1.165) is 0 Å². The lowest BCUT2D eigenvalue weighted by atomic mass is 10.1. The topological polar surface area (TPSA) is 54.5 Å². The van der Waals surface area contributed by atoms with Gasteiger partial charge in [0.15, 0.2) is 5.69 Å². The van der Waals surface area contributed by atoms with E-state index < -0.39 is 5.82 Å². The number of rotatable bonds is 2. The minimum Gasteiger partial charge on any atom is -0.211 e. The van der Waals surface area contributed by atoms with Gasteiger partial charge in [0.05, 0.1) is 10.7 Å². The van der Waals surface area contributed by atoms with Gasteiger partial charge in [-0.2, -0.15) is 5.26 Å². The Morgan fingerprint density at radius 2 is 1.95 bits per heavy atom. The molecule has 0 saturated carbocycles. The molecule has 0 aliphatic rings. The minimum absolute atomic E-state index is 0.132. The fourth-order valence-electron chi connectivity index (χ4n) is 2.04. The van der Waals surface area contributed by atoms with E-state index >= 15 is 0 Å². The normalized spacial score (nSPS) is 10.3. The van der Waals surface area contributed by atoms with Crippen molar-refractivity contribution < 1.29 is 4.39 Å². The monoisotopic (exact) mass is 298 g/mol. The van der Waals surface area contributed by atoms with Crippen LogP contribution in [0.2, 0.25) is 5.02 Å². The van der Waals surface area contributed by atoms with Crippen molar-refractivity contribution in [3.63, 3.8) is 0 Å². The molecule has 102 valence electrons. The van der Waals surface area contributed by atoms with Gasteiger partial charge in [0.1, 0.15) is 17.6 Å². The lowest BCUT2D eigenvalue weighted by Gasteiger charge is -2.08. The number of hydrogen-bond acceptors (Lipinski definition) is 3. The molecule has 0 unspecified atom stereocenters. The highest BCUT2D eigenvalue weighted by molar-refractivity contribution is 6.33. The minimum atomic E-state index is -0.397. The van der Waals surface area contributed by atoms with E-state index in [1.165, 1.54) is 16.8 Å². The molecule has 0 aliphatic carbocycles. The number of nitrogens with zero attached hydrogens (tertiary/aromatic N) is 4. The number of benzene rings is 2. The molecule has 0 bridgehead atoms. The summed E-state index contributed by atoms with van der Waals surface area (Å²) in [7, 11) is 0. The maximum Gasteiger partial charge on any atom is 0.191 e.